The molecule has 0 unspecified atom stereocenters. The van der Waals surface area contributed by atoms with Gasteiger partial charge >= 0.3 is 0 Å². The summed E-state index contributed by atoms with van der Waals surface area (Å²) in [6.45, 7) is 8.94. The number of aryl methyl sites for hydroxylation is 2. The fraction of sp³-hybridized carbons (Fsp3) is 0.375. The van der Waals surface area contributed by atoms with Crippen molar-refractivity contribution in [2.45, 2.75) is 72.0 Å². The number of benzene rings is 3. The summed E-state index contributed by atoms with van der Waals surface area (Å²) in [6, 6.07) is 25.3. The minimum absolute atomic E-state index is 0.0316. The van der Waals surface area contributed by atoms with Crippen molar-refractivity contribution in [3.63, 3.8) is 0 Å². The Hall–Kier alpha value is -3.60. The van der Waals surface area contributed by atoms with Crippen LogP contribution in [0.4, 0.5) is 0 Å². The Morgan fingerprint density at radius 1 is 0.919 bits per heavy atom. The summed E-state index contributed by atoms with van der Waals surface area (Å²) in [7, 11) is 0. The van der Waals surface area contributed by atoms with Gasteiger partial charge in [0.15, 0.2) is 0 Å². The van der Waals surface area contributed by atoms with Crippen LogP contribution in [0.2, 0.25) is 0 Å². The van der Waals surface area contributed by atoms with Crippen LogP contribution in [-0.2, 0) is 22.6 Å². The topological polar surface area (TPSA) is 58.6 Å². The maximum atomic E-state index is 13.7. The molecule has 5 heteroatoms. The van der Waals surface area contributed by atoms with E-state index in [0.29, 0.717) is 32.4 Å². The molecule has 0 bridgehead atoms. The third-order valence-corrected chi connectivity index (χ3v) is 6.70. The van der Waals surface area contributed by atoms with Crippen molar-refractivity contribution in [3.8, 4) is 5.75 Å². The van der Waals surface area contributed by atoms with Gasteiger partial charge in [-0.2, -0.15) is 0 Å². The SMILES string of the molecule is CC[C@@H](C)NC(=O)[C@@H](Cc1ccccc1)N(Cc1ccccc1C)C(=O)CCCOc1ccc(C)cc1. The van der Waals surface area contributed by atoms with E-state index in [2.05, 4.69) is 5.32 Å². The molecule has 2 amide bonds. The highest BCUT2D eigenvalue weighted by Gasteiger charge is 2.31. The molecule has 5 nitrogen and oxygen atoms in total. The molecule has 0 saturated heterocycles. The van der Waals surface area contributed by atoms with Crippen molar-refractivity contribution in [2.75, 3.05) is 6.61 Å². The minimum Gasteiger partial charge on any atom is -0.494 e. The van der Waals surface area contributed by atoms with Gasteiger partial charge in [-0.1, -0.05) is 79.2 Å². The Morgan fingerprint density at radius 2 is 1.59 bits per heavy atom. The summed E-state index contributed by atoms with van der Waals surface area (Å²) < 4.78 is 5.85. The molecular formula is C32H40N2O3. The normalized spacial score (nSPS) is 12.4. The van der Waals surface area contributed by atoms with E-state index < -0.39 is 6.04 Å². The van der Waals surface area contributed by atoms with Gasteiger partial charge in [0.1, 0.15) is 11.8 Å². The lowest BCUT2D eigenvalue weighted by Gasteiger charge is -2.33. The van der Waals surface area contributed by atoms with Gasteiger partial charge in [0.25, 0.3) is 0 Å². The van der Waals surface area contributed by atoms with Crippen LogP contribution in [0, 0.1) is 13.8 Å². The Labute approximate surface area is 221 Å². The summed E-state index contributed by atoms with van der Waals surface area (Å²) in [5.41, 5.74) is 4.34. The molecule has 0 aromatic heterocycles. The monoisotopic (exact) mass is 500 g/mol. The first-order valence-corrected chi connectivity index (χ1v) is 13.2. The lowest BCUT2D eigenvalue weighted by Crippen LogP contribution is -2.52. The van der Waals surface area contributed by atoms with Gasteiger partial charge in [-0.15, -0.1) is 0 Å². The zero-order valence-electron chi connectivity index (χ0n) is 22.6. The number of nitrogens with one attached hydrogen (secondary N) is 1. The zero-order valence-corrected chi connectivity index (χ0v) is 22.6. The molecule has 3 aromatic rings. The van der Waals surface area contributed by atoms with Crippen LogP contribution >= 0.6 is 0 Å². The van der Waals surface area contributed by atoms with Crippen molar-refractivity contribution < 1.29 is 14.3 Å². The average molecular weight is 501 g/mol. The molecule has 0 aliphatic heterocycles. The van der Waals surface area contributed by atoms with Gasteiger partial charge in [0.05, 0.1) is 6.61 Å². The summed E-state index contributed by atoms with van der Waals surface area (Å²) in [6.07, 6.45) is 2.16. The second kappa shape index (κ2) is 14.2. The largest absolute Gasteiger partial charge is 0.494 e. The molecule has 37 heavy (non-hydrogen) atoms. The number of rotatable bonds is 13. The first-order valence-electron chi connectivity index (χ1n) is 13.2. The van der Waals surface area contributed by atoms with Crippen LogP contribution < -0.4 is 10.1 Å². The fourth-order valence-corrected chi connectivity index (χ4v) is 4.16. The Morgan fingerprint density at radius 3 is 2.27 bits per heavy atom. The van der Waals surface area contributed by atoms with E-state index in [1.54, 1.807) is 4.90 Å². The van der Waals surface area contributed by atoms with E-state index >= 15 is 0 Å². The number of carbonyl (C=O) groups excluding carboxylic acids is 2. The molecule has 0 heterocycles. The predicted octanol–water partition coefficient (Wildman–Crippen LogP) is 6.02. The summed E-state index contributed by atoms with van der Waals surface area (Å²) in [5, 5.41) is 3.12. The average Bonchev–Trinajstić information content (AvgIpc) is 2.91. The number of carbonyl (C=O) groups is 2. The summed E-state index contributed by atoms with van der Waals surface area (Å²) in [5.74, 6) is 0.636. The lowest BCUT2D eigenvalue weighted by atomic mass is 10.0. The number of ether oxygens (including phenoxy) is 1. The van der Waals surface area contributed by atoms with Crippen LogP contribution in [0.5, 0.6) is 5.75 Å². The number of amides is 2. The van der Waals surface area contributed by atoms with Crippen LogP contribution in [0.25, 0.3) is 0 Å². The molecule has 0 aliphatic carbocycles. The van der Waals surface area contributed by atoms with Crippen LogP contribution in [0.1, 0.15) is 55.4 Å². The molecule has 0 radical (unpaired) electrons. The van der Waals surface area contributed by atoms with Crippen molar-refractivity contribution >= 4 is 11.8 Å². The maximum absolute atomic E-state index is 13.7. The van der Waals surface area contributed by atoms with Crippen molar-refractivity contribution in [1.29, 1.82) is 0 Å². The highest BCUT2D eigenvalue weighted by molar-refractivity contribution is 5.88. The second-order valence-corrected chi connectivity index (χ2v) is 9.74. The van der Waals surface area contributed by atoms with Gasteiger partial charge in [-0.05, 0) is 62.4 Å². The summed E-state index contributed by atoms with van der Waals surface area (Å²) >= 11 is 0. The number of hydrogen-bond donors (Lipinski definition) is 1. The molecule has 1 N–H and O–H groups in total. The lowest BCUT2D eigenvalue weighted by molar-refractivity contribution is -0.141. The second-order valence-electron chi connectivity index (χ2n) is 9.74. The quantitative estimate of drug-likeness (QED) is 0.292. The van der Waals surface area contributed by atoms with Crippen LogP contribution in [0.15, 0.2) is 78.9 Å². The molecule has 0 spiro atoms. The Balaban J connectivity index is 1.80. The van der Waals surface area contributed by atoms with E-state index in [0.717, 1.165) is 28.9 Å². The molecule has 0 aliphatic rings. The van der Waals surface area contributed by atoms with Crippen molar-refractivity contribution in [1.82, 2.24) is 10.2 Å². The van der Waals surface area contributed by atoms with Gasteiger partial charge in [-0.25, -0.2) is 0 Å². The minimum atomic E-state index is -0.610. The van der Waals surface area contributed by atoms with E-state index in [-0.39, 0.29) is 17.9 Å². The van der Waals surface area contributed by atoms with Crippen LogP contribution in [0.3, 0.4) is 0 Å². The fourth-order valence-electron chi connectivity index (χ4n) is 4.16. The first-order chi connectivity index (χ1) is 17.9. The van der Waals surface area contributed by atoms with Crippen molar-refractivity contribution in [3.05, 3.63) is 101 Å². The van der Waals surface area contributed by atoms with Gasteiger partial charge < -0.3 is 15.0 Å². The molecule has 2 atom stereocenters. The maximum Gasteiger partial charge on any atom is 0.243 e. The smallest absolute Gasteiger partial charge is 0.243 e. The zero-order chi connectivity index (χ0) is 26.6. The van der Waals surface area contributed by atoms with Gasteiger partial charge in [-0.3, -0.25) is 9.59 Å². The Bertz CT molecular complexity index is 1130. The first kappa shape index (κ1) is 28.0. The molecule has 0 saturated carbocycles. The molecule has 3 aromatic carbocycles. The highest BCUT2D eigenvalue weighted by Crippen LogP contribution is 2.19. The highest BCUT2D eigenvalue weighted by atomic mass is 16.5. The summed E-state index contributed by atoms with van der Waals surface area (Å²) in [4.78, 5) is 29.0. The van der Waals surface area contributed by atoms with Crippen molar-refractivity contribution in [2.24, 2.45) is 0 Å². The van der Waals surface area contributed by atoms with Gasteiger partial charge in [0.2, 0.25) is 11.8 Å². The van der Waals surface area contributed by atoms with E-state index in [1.165, 1.54) is 5.56 Å². The third kappa shape index (κ3) is 8.78. The van der Waals surface area contributed by atoms with Gasteiger partial charge in [0, 0.05) is 25.4 Å². The number of nitrogens with zero attached hydrogens (tertiary/aromatic N) is 1. The van der Waals surface area contributed by atoms with E-state index in [1.807, 2.05) is 107 Å². The van der Waals surface area contributed by atoms with E-state index in [4.69, 9.17) is 4.74 Å². The molecule has 0 fully saturated rings. The molecule has 196 valence electrons. The third-order valence-electron chi connectivity index (χ3n) is 6.70. The molecule has 3 rings (SSSR count). The number of hydrogen-bond acceptors (Lipinski definition) is 3. The predicted molar refractivity (Wildman–Crippen MR) is 149 cm³/mol. The molecular weight excluding hydrogens is 460 g/mol. The van der Waals surface area contributed by atoms with Crippen LogP contribution in [-0.4, -0.2) is 35.4 Å². The van der Waals surface area contributed by atoms with E-state index in [9.17, 15) is 9.59 Å². The standard InChI is InChI=1S/C32H40N2O3/c1-5-26(4)33-32(36)30(22-27-13-7-6-8-14-27)34(23-28-15-10-9-12-25(28)3)31(35)16-11-21-37-29-19-17-24(2)18-20-29/h6-10,12-15,17-20,26,30H,5,11,16,21-23H2,1-4H3,(H,33,36)/t26-,30-/m1/s1. The Kier molecular flexibility index (Phi) is 10.8.